The van der Waals surface area contributed by atoms with Gasteiger partial charge >= 0.3 is 0 Å². The van der Waals surface area contributed by atoms with E-state index in [1.807, 2.05) is 6.07 Å². The molecular weight excluding hydrogens is 284 g/mol. The lowest BCUT2D eigenvalue weighted by Crippen LogP contribution is -2.17. The van der Waals surface area contributed by atoms with E-state index in [0.717, 1.165) is 15.2 Å². The number of nitrogens with one attached hydrogen (secondary N) is 1. The maximum Gasteiger partial charge on any atom is 0.251 e. The van der Waals surface area contributed by atoms with E-state index in [1.165, 1.54) is 11.3 Å². The topological polar surface area (TPSA) is 78.7 Å². The van der Waals surface area contributed by atoms with E-state index in [0.29, 0.717) is 16.8 Å². The number of carbonyl (C=O) groups is 1. The lowest BCUT2D eigenvalue weighted by Gasteiger charge is -2.00. The first kappa shape index (κ1) is 13.2. The van der Waals surface area contributed by atoms with Gasteiger partial charge in [-0.25, -0.2) is 4.98 Å². The molecule has 1 aromatic carbocycles. The molecule has 21 heavy (non-hydrogen) atoms. The first-order valence-corrected chi connectivity index (χ1v) is 7.02. The van der Waals surface area contributed by atoms with Crippen LogP contribution in [0.25, 0.3) is 20.9 Å². The summed E-state index contributed by atoms with van der Waals surface area (Å²) >= 11 is 1.45. The second-order valence-electron chi connectivity index (χ2n) is 4.32. The molecule has 2 heterocycles. The van der Waals surface area contributed by atoms with Gasteiger partial charge in [-0.05, 0) is 30.3 Å². The van der Waals surface area contributed by atoms with Crippen LogP contribution in [0.5, 0.6) is 0 Å². The summed E-state index contributed by atoms with van der Waals surface area (Å²) in [5.74, 6) is -0.161. The van der Waals surface area contributed by atoms with Gasteiger partial charge in [-0.15, -0.1) is 11.3 Å². The van der Waals surface area contributed by atoms with Crippen LogP contribution in [0.15, 0.2) is 36.5 Å². The van der Waals surface area contributed by atoms with Gasteiger partial charge in [-0.2, -0.15) is 5.26 Å². The van der Waals surface area contributed by atoms with Crippen molar-refractivity contribution < 1.29 is 4.79 Å². The van der Waals surface area contributed by atoms with E-state index in [4.69, 9.17) is 5.26 Å². The average molecular weight is 294 g/mol. The Hall–Kier alpha value is -2.78. The molecule has 3 rings (SSSR count). The van der Waals surface area contributed by atoms with Gasteiger partial charge in [-0.1, -0.05) is 0 Å². The highest BCUT2D eigenvalue weighted by Gasteiger charge is 2.11. The number of thiazole rings is 1. The third-order valence-electron chi connectivity index (χ3n) is 2.99. The van der Waals surface area contributed by atoms with E-state index in [1.54, 1.807) is 37.5 Å². The fourth-order valence-electron chi connectivity index (χ4n) is 1.94. The second kappa shape index (κ2) is 5.31. The Morgan fingerprint density at radius 2 is 2.19 bits per heavy atom. The predicted molar refractivity (Wildman–Crippen MR) is 81.0 cm³/mol. The Kier molecular flexibility index (Phi) is 3.34. The number of hydrogen-bond donors (Lipinski definition) is 1. The zero-order valence-electron chi connectivity index (χ0n) is 11.1. The van der Waals surface area contributed by atoms with Gasteiger partial charge in [-0.3, -0.25) is 9.78 Å². The van der Waals surface area contributed by atoms with Crippen LogP contribution in [0, 0.1) is 11.3 Å². The summed E-state index contributed by atoms with van der Waals surface area (Å²) in [6.07, 6.45) is 1.59. The molecule has 0 aliphatic rings. The van der Waals surface area contributed by atoms with Crippen molar-refractivity contribution in [3.63, 3.8) is 0 Å². The normalized spacial score (nSPS) is 10.3. The molecule has 0 saturated carbocycles. The fraction of sp³-hybridized carbons (Fsp3) is 0.0667. The molecule has 0 unspecified atom stereocenters. The van der Waals surface area contributed by atoms with Gasteiger partial charge in [0.1, 0.15) is 5.01 Å². The molecule has 0 bridgehead atoms. The lowest BCUT2D eigenvalue weighted by atomic mass is 10.2. The number of fused-ring (bicyclic) bond motifs is 1. The number of aromatic nitrogens is 2. The van der Waals surface area contributed by atoms with Crippen LogP contribution < -0.4 is 5.32 Å². The molecule has 1 amide bonds. The van der Waals surface area contributed by atoms with Crippen molar-refractivity contribution in [3.8, 4) is 16.8 Å². The highest BCUT2D eigenvalue weighted by molar-refractivity contribution is 7.21. The zero-order valence-corrected chi connectivity index (χ0v) is 11.9. The number of carbonyl (C=O) groups excluding carboxylic acids is 1. The van der Waals surface area contributed by atoms with Crippen molar-refractivity contribution in [3.05, 3.63) is 47.7 Å². The van der Waals surface area contributed by atoms with Gasteiger partial charge in [0.2, 0.25) is 0 Å². The molecule has 5 nitrogen and oxygen atoms in total. The summed E-state index contributed by atoms with van der Waals surface area (Å²) in [4.78, 5) is 20.4. The molecule has 0 spiro atoms. The minimum Gasteiger partial charge on any atom is -0.355 e. The van der Waals surface area contributed by atoms with Crippen LogP contribution in [0.2, 0.25) is 0 Å². The van der Waals surface area contributed by atoms with Crippen molar-refractivity contribution in [1.29, 1.82) is 5.26 Å². The third kappa shape index (κ3) is 2.47. The molecule has 0 saturated heterocycles. The number of pyridine rings is 1. The Morgan fingerprint density at radius 3 is 2.95 bits per heavy atom. The van der Waals surface area contributed by atoms with Gasteiger partial charge < -0.3 is 5.32 Å². The van der Waals surface area contributed by atoms with Crippen LogP contribution >= 0.6 is 11.3 Å². The fourth-order valence-corrected chi connectivity index (χ4v) is 2.91. The molecule has 2 aromatic heterocycles. The second-order valence-corrected chi connectivity index (χ2v) is 5.35. The van der Waals surface area contributed by atoms with Crippen molar-refractivity contribution >= 4 is 27.5 Å². The number of amides is 1. The molecule has 0 aliphatic heterocycles. The third-order valence-corrected chi connectivity index (χ3v) is 4.03. The molecule has 3 aromatic rings. The van der Waals surface area contributed by atoms with Crippen molar-refractivity contribution in [1.82, 2.24) is 15.3 Å². The monoisotopic (exact) mass is 294 g/mol. The Balaban J connectivity index is 2.08. The maximum atomic E-state index is 11.7. The standard InChI is InChI=1S/C15H10N4OS/c1-17-14(20)10-4-5-18-12(7-10)15-19-11-3-2-9(8-16)6-13(11)21-15/h2-7H,1H3,(H,17,20). The number of hydrogen-bond acceptors (Lipinski definition) is 5. The minimum atomic E-state index is -0.161. The Bertz CT molecular complexity index is 879. The van der Waals surface area contributed by atoms with Crippen molar-refractivity contribution in [2.24, 2.45) is 0 Å². The molecule has 0 atom stereocenters. The smallest absolute Gasteiger partial charge is 0.251 e. The molecular formula is C15H10N4OS. The van der Waals surface area contributed by atoms with Crippen LogP contribution in [0.3, 0.4) is 0 Å². The lowest BCUT2D eigenvalue weighted by molar-refractivity contribution is 0.0963. The predicted octanol–water partition coefficient (Wildman–Crippen LogP) is 2.59. The van der Waals surface area contributed by atoms with Gasteiger partial charge in [0, 0.05) is 18.8 Å². The molecule has 0 fully saturated rings. The van der Waals surface area contributed by atoms with E-state index < -0.39 is 0 Å². The Labute approximate surface area is 124 Å². The Morgan fingerprint density at radius 1 is 1.33 bits per heavy atom. The zero-order chi connectivity index (χ0) is 14.8. The number of benzene rings is 1. The number of nitriles is 1. The first-order chi connectivity index (χ1) is 10.2. The summed E-state index contributed by atoms with van der Waals surface area (Å²) in [6, 6.07) is 10.8. The quantitative estimate of drug-likeness (QED) is 0.788. The average Bonchev–Trinajstić information content (AvgIpc) is 2.97. The summed E-state index contributed by atoms with van der Waals surface area (Å²) < 4.78 is 0.927. The highest BCUT2D eigenvalue weighted by atomic mass is 32.1. The minimum absolute atomic E-state index is 0.161. The molecule has 0 aliphatic carbocycles. The first-order valence-electron chi connectivity index (χ1n) is 6.20. The van der Waals surface area contributed by atoms with Crippen molar-refractivity contribution in [2.45, 2.75) is 0 Å². The largest absolute Gasteiger partial charge is 0.355 e. The summed E-state index contributed by atoms with van der Waals surface area (Å²) in [7, 11) is 1.59. The number of rotatable bonds is 2. The van der Waals surface area contributed by atoms with Gasteiger partial charge in [0.05, 0.1) is 27.5 Å². The van der Waals surface area contributed by atoms with Gasteiger partial charge in [0.25, 0.3) is 5.91 Å². The molecule has 1 N–H and O–H groups in total. The molecule has 6 heteroatoms. The summed E-state index contributed by atoms with van der Waals surface area (Å²) in [5.41, 5.74) is 2.61. The van der Waals surface area contributed by atoms with E-state index >= 15 is 0 Å². The maximum absolute atomic E-state index is 11.7. The summed E-state index contributed by atoms with van der Waals surface area (Å²) in [5, 5.41) is 12.2. The van der Waals surface area contributed by atoms with E-state index in [-0.39, 0.29) is 5.91 Å². The van der Waals surface area contributed by atoms with Crippen LogP contribution in [0.1, 0.15) is 15.9 Å². The SMILES string of the molecule is CNC(=O)c1ccnc(-c2nc3ccc(C#N)cc3s2)c1. The summed E-state index contributed by atoms with van der Waals surface area (Å²) in [6.45, 7) is 0. The highest BCUT2D eigenvalue weighted by Crippen LogP contribution is 2.29. The molecule has 0 radical (unpaired) electrons. The van der Waals surface area contributed by atoms with Crippen molar-refractivity contribution in [2.75, 3.05) is 7.05 Å². The van der Waals surface area contributed by atoms with E-state index in [2.05, 4.69) is 21.4 Å². The van der Waals surface area contributed by atoms with Gasteiger partial charge in [0.15, 0.2) is 0 Å². The van der Waals surface area contributed by atoms with Crippen LogP contribution in [0.4, 0.5) is 0 Å². The molecule has 102 valence electrons. The van der Waals surface area contributed by atoms with Crippen LogP contribution in [-0.2, 0) is 0 Å². The van der Waals surface area contributed by atoms with Crippen LogP contribution in [-0.4, -0.2) is 22.9 Å². The van der Waals surface area contributed by atoms with E-state index in [9.17, 15) is 4.79 Å². The number of nitrogens with zero attached hydrogens (tertiary/aromatic N) is 3.